The van der Waals surface area contributed by atoms with Crippen LogP contribution in [0.1, 0.15) is 25.5 Å². The van der Waals surface area contributed by atoms with Crippen molar-refractivity contribution in [2.45, 2.75) is 25.9 Å². The van der Waals surface area contributed by atoms with E-state index in [-0.39, 0.29) is 57.8 Å². The van der Waals surface area contributed by atoms with Crippen LogP contribution in [0.15, 0.2) is 30.3 Å². The Morgan fingerprint density at radius 1 is 0.938 bits per heavy atom. The Kier molecular flexibility index (Phi) is 14.3. The largest absolute Gasteiger partial charge is 4.00 e. The molecule has 0 aliphatic rings. The zero-order valence-corrected chi connectivity index (χ0v) is 13.0. The number of hydrogen-bond donors (Lipinski definition) is 0. The molecule has 1 aromatic rings. The fraction of sp³-hybridized carbons (Fsp3) is 0.455. The van der Waals surface area contributed by atoms with Crippen LogP contribution in [0, 0.1) is 5.92 Å². The van der Waals surface area contributed by atoms with Crippen LogP contribution in [0.4, 0.5) is 0 Å². The van der Waals surface area contributed by atoms with Crippen molar-refractivity contribution in [2.24, 2.45) is 5.92 Å². The van der Waals surface area contributed by atoms with E-state index in [9.17, 15) is 0 Å². The molecule has 94 valence electrons. The minimum atomic E-state index is -0.416. The van der Waals surface area contributed by atoms with Gasteiger partial charge in [-0.2, -0.15) is 0 Å². The minimum Gasteiger partial charge on any atom is -1.00 e. The van der Waals surface area contributed by atoms with Gasteiger partial charge in [-0.3, -0.25) is 0 Å². The Morgan fingerprint density at radius 2 is 1.38 bits per heavy atom. The summed E-state index contributed by atoms with van der Waals surface area (Å²) in [5.41, 5.74) is 16.6. The first-order valence-electron chi connectivity index (χ1n) is 4.60. The van der Waals surface area contributed by atoms with Crippen molar-refractivity contribution in [3.8, 4) is 0 Å². The van der Waals surface area contributed by atoms with Crippen LogP contribution in [0.3, 0.4) is 0 Å². The molecule has 1 rings (SSSR count). The molecule has 16 heavy (non-hydrogen) atoms. The van der Waals surface area contributed by atoms with E-state index in [1.54, 1.807) is 0 Å². The van der Waals surface area contributed by atoms with Gasteiger partial charge in [-0.25, -0.2) is 0 Å². The maximum atomic E-state index is 7.86. The number of nitrogens with one attached hydrogen (secondary N) is 2. The van der Waals surface area contributed by atoms with Crippen molar-refractivity contribution in [3.05, 3.63) is 47.4 Å². The van der Waals surface area contributed by atoms with E-state index in [2.05, 4.69) is 0 Å². The van der Waals surface area contributed by atoms with Gasteiger partial charge in [0, 0.05) is 0 Å². The van der Waals surface area contributed by atoms with Gasteiger partial charge in [0.1, 0.15) is 0 Å². The Bertz CT molecular complexity index is 257. The zero-order chi connectivity index (χ0) is 9.84. The molecule has 2 N–H and O–H groups in total. The standard InChI is InChI=1S/C11H16N2.2ClH.Pt/c1-8(2)10(12)11(13)9-6-4-3-5-7-9;;;/h3-8,10-13H,1-2H3;2*1H;/q-2;;;+4/p-2/t10-,11-;;;/m1.../s1. The summed E-state index contributed by atoms with van der Waals surface area (Å²) in [6.45, 7) is 3.98. The van der Waals surface area contributed by atoms with Gasteiger partial charge in [0.15, 0.2) is 0 Å². The average Bonchev–Trinajstić information content (AvgIpc) is 2.17. The van der Waals surface area contributed by atoms with Crippen LogP contribution < -0.4 is 24.8 Å². The summed E-state index contributed by atoms with van der Waals surface area (Å²) in [6, 6.07) is 8.87. The molecule has 5 heteroatoms. The minimum absolute atomic E-state index is 0. The van der Waals surface area contributed by atoms with E-state index >= 15 is 0 Å². The molecule has 0 aliphatic heterocycles. The fourth-order valence-electron chi connectivity index (χ4n) is 1.25. The van der Waals surface area contributed by atoms with Crippen molar-refractivity contribution < 1.29 is 45.9 Å². The summed E-state index contributed by atoms with van der Waals surface area (Å²) < 4.78 is 0. The predicted molar refractivity (Wildman–Crippen MR) is 56.5 cm³/mol. The first kappa shape index (κ1) is 21.7. The van der Waals surface area contributed by atoms with Gasteiger partial charge >= 0.3 is 21.1 Å². The van der Waals surface area contributed by atoms with E-state index in [1.165, 1.54) is 0 Å². The van der Waals surface area contributed by atoms with E-state index in [0.29, 0.717) is 0 Å². The number of benzene rings is 1. The van der Waals surface area contributed by atoms with Crippen LogP contribution in [0.2, 0.25) is 0 Å². The molecule has 2 atom stereocenters. The normalized spacial score (nSPS) is 12.8. The van der Waals surface area contributed by atoms with E-state index in [1.807, 2.05) is 44.2 Å². The Morgan fingerprint density at radius 3 is 1.75 bits per heavy atom. The Hall–Kier alpha value is 0.408. The van der Waals surface area contributed by atoms with E-state index in [4.69, 9.17) is 11.5 Å². The molecule has 0 saturated heterocycles. The molecule has 0 amide bonds. The van der Waals surface area contributed by atoms with Crippen LogP contribution in [-0.2, 0) is 21.1 Å². The number of hydrogen-bond acceptors (Lipinski definition) is 0. The first-order valence-corrected chi connectivity index (χ1v) is 4.60. The van der Waals surface area contributed by atoms with Gasteiger partial charge in [0.05, 0.1) is 0 Å². The topological polar surface area (TPSA) is 47.6 Å². The van der Waals surface area contributed by atoms with Crippen molar-refractivity contribution in [1.82, 2.24) is 0 Å². The first-order chi connectivity index (χ1) is 6.13. The summed E-state index contributed by atoms with van der Waals surface area (Å²) in [4.78, 5) is 0. The molecular weight excluding hydrogens is 426 g/mol. The molecule has 0 bridgehead atoms. The van der Waals surface area contributed by atoms with Crippen molar-refractivity contribution >= 4 is 0 Å². The maximum Gasteiger partial charge on any atom is 4.00 e. The molecule has 0 heterocycles. The van der Waals surface area contributed by atoms with Crippen molar-refractivity contribution in [2.75, 3.05) is 0 Å². The molecule has 0 spiro atoms. The molecule has 0 aliphatic carbocycles. The Labute approximate surface area is 125 Å². The van der Waals surface area contributed by atoms with Gasteiger partial charge < -0.3 is 36.3 Å². The van der Waals surface area contributed by atoms with Crippen molar-refractivity contribution in [3.63, 3.8) is 0 Å². The van der Waals surface area contributed by atoms with Crippen LogP contribution in [0.25, 0.3) is 11.5 Å². The monoisotopic (exact) mass is 441 g/mol. The van der Waals surface area contributed by atoms with Crippen LogP contribution in [-0.4, -0.2) is 6.04 Å². The summed E-state index contributed by atoms with van der Waals surface area (Å²) in [5.74, 6) is 0.239. The SMILES string of the molecule is CC(C)[C@@H]([NH-])[C@H]([NH-])c1ccccc1.[Cl-].[Cl-].[Pt+4]. The van der Waals surface area contributed by atoms with Gasteiger partial charge in [-0.05, 0) is 0 Å². The van der Waals surface area contributed by atoms with Crippen molar-refractivity contribution in [1.29, 1.82) is 0 Å². The molecule has 0 aromatic heterocycles. The summed E-state index contributed by atoms with van der Waals surface area (Å²) in [7, 11) is 0. The quantitative estimate of drug-likeness (QED) is 0.514. The van der Waals surface area contributed by atoms with E-state index in [0.717, 1.165) is 5.56 Å². The molecule has 0 radical (unpaired) electrons. The number of rotatable bonds is 3. The third kappa shape index (κ3) is 6.22. The summed E-state index contributed by atoms with van der Waals surface area (Å²) >= 11 is 0. The van der Waals surface area contributed by atoms with Gasteiger partial charge in [-0.15, -0.1) is 12.1 Å². The number of halogens is 2. The zero-order valence-electron chi connectivity index (χ0n) is 9.19. The Balaban J connectivity index is -0.000000563. The molecule has 1 aromatic carbocycles. The third-order valence-corrected chi connectivity index (χ3v) is 2.24. The third-order valence-electron chi connectivity index (χ3n) is 2.24. The molecular formula is C11H16Cl2N2Pt. The van der Waals surface area contributed by atoms with Gasteiger partial charge in [0.25, 0.3) is 0 Å². The smallest absolute Gasteiger partial charge is 1.00 e. The molecule has 0 saturated carbocycles. The second-order valence-electron chi connectivity index (χ2n) is 3.66. The maximum absolute atomic E-state index is 7.86. The summed E-state index contributed by atoms with van der Waals surface area (Å²) in [5, 5.41) is 0. The van der Waals surface area contributed by atoms with Gasteiger partial charge in [-0.1, -0.05) is 55.7 Å². The fourth-order valence-corrected chi connectivity index (χ4v) is 1.25. The molecule has 0 unspecified atom stereocenters. The van der Waals surface area contributed by atoms with Crippen LogP contribution >= 0.6 is 0 Å². The van der Waals surface area contributed by atoms with E-state index < -0.39 is 6.04 Å². The molecule has 0 fully saturated rings. The van der Waals surface area contributed by atoms with Crippen LogP contribution in [0.5, 0.6) is 0 Å². The second kappa shape index (κ2) is 10.6. The van der Waals surface area contributed by atoms with Gasteiger partial charge in [0.2, 0.25) is 0 Å². The predicted octanol–water partition coefficient (Wildman–Crippen LogP) is -2.14. The average molecular weight is 442 g/mol. The summed E-state index contributed by atoms with van der Waals surface area (Å²) in [6.07, 6.45) is 0. The molecule has 2 nitrogen and oxygen atoms in total. The second-order valence-corrected chi connectivity index (χ2v) is 3.66.